The Morgan fingerprint density at radius 3 is 2.22 bits per heavy atom. The molecule has 0 heterocycles. The van der Waals surface area contributed by atoms with Crippen LogP contribution in [0.25, 0.3) is 21.9 Å². The second-order valence-electron chi connectivity index (χ2n) is 7.35. The first-order chi connectivity index (χ1) is 15.3. The van der Waals surface area contributed by atoms with Gasteiger partial charge >= 0.3 is 0 Å². The van der Waals surface area contributed by atoms with Gasteiger partial charge in [-0.3, -0.25) is 0 Å². The third-order valence-corrected chi connectivity index (χ3v) is 6.11. The fraction of sp³-hybridized carbons (Fsp3) is 0.120. The van der Waals surface area contributed by atoms with Crippen molar-refractivity contribution in [3.05, 3.63) is 78.9 Å². The van der Waals surface area contributed by atoms with Crippen molar-refractivity contribution in [1.29, 1.82) is 0 Å². The Bertz CT molecular complexity index is 1350. The summed E-state index contributed by atoms with van der Waals surface area (Å²) in [7, 11) is -3.29. The lowest BCUT2D eigenvalue weighted by Crippen LogP contribution is -2.10. The summed E-state index contributed by atoms with van der Waals surface area (Å²) >= 11 is 0. The molecule has 0 fully saturated rings. The molecule has 7 heteroatoms. The molecule has 0 radical (unpaired) electrons. The van der Waals surface area contributed by atoms with E-state index in [1.54, 1.807) is 42.5 Å². The van der Waals surface area contributed by atoms with Crippen LogP contribution in [0.1, 0.15) is 0 Å². The summed E-state index contributed by atoms with van der Waals surface area (Å²) in [5, 5.41) is 11.5. The molecule has 4 aromatic carbocycles. The number of benzene rings is 4. The molecule has 6 nitrogen and oxygen atoms in total. The zero-order chi connectivity index (χ0) is 22.7. The lowest BCUT2D eigenvalue weighted by Gasteiger charge is -2.15. The second-order valence-corrected chi connectivity index (χ2v) is 9.37. The van der Waals surface area contributed by atoms with Gasteiger partial charge in [0.1, 0.15) is 29.6 Å². The fourth-order valence-corrected chi connectivity index (χ4v) is 4.04. The van der Waals surface area contributed by atoms with Crippen molar-refractivity contribution in [2.24, 2.45) is 5.73 Å². The maximum absolute atomic E-state index is 11.8. The Labute approximate surface area is 186 Å². The Hall–Kier alpha value is -3.55. The van der Waals surface area contributed by atoms with Gasteiger partial charge in [-0.1, -0.05) is 18.2 Å². The van der Waals surface area contributed by atoms with Gasteiger partial charge in [-0.25, -0.2) is 8.42 Å². The number of phenols is 1. The van der Waals surface area contributed by atoms with Crippen molar-refractivity contribution < 1.29 is 23.0 Å². The van der Waals surface area contributed by atoms with Crippen molar-refractivity contribution in [1.82, 2.24) is 0 Å². The van der Waals surface area contributed by atoms with Crippen LogP contribution >= 0.6 is 0 Å². The third kappa shape index (κ3) is 4.69. The Balaban J connectivity index is 1.78. The van der Waals surface area contributed by atoms with Crippen LogP contribution in [0.3, 0.4) is 0 Å². The van der Waals surface area contributed by atoms with Crippen LogP contribution in [0.15, 0.2) is 83.8 Å². The van der Waals surface area contributed by atoms with E-state index < -0.39 is 9.84 Å². The van der Waals surface area contributed by atoms with E-state index in [0.717, 1.165) is 21.9 Å². The molecule has 0 aromatic heterocycles. The van der Waals surface area contributed by atoms with E-state index in [2.05, 4.69) is 0 Å². The van der Waals surface area contributed by atoms with Crippen LogP contribution < -0.4 is 15.2 Å². The molecule has 4 aromatic rings. The summed E-state index contributed by atoms with van der Waals surface area (Å²) < 4.78 is 35.5. The summed E-state index contributed by atoms with van der Waals surface area (Å²) in [6.07, 6.45) is 1.18. The zero-order valence-corrected chi connectivity index (χ0v) is 18.3. The van der Waals surface area contributed by atoms with Gasteiger partial charge < -0.3 is 20.3 Å². The maximum Gasteiger partial charge on any atom is 0.175 e. The largest absolute Gasteiger partial charge is 0.508 e. The van der Waals surface area contributed by atoms with Gasteiger partial charge in [0.2, 0.25) is 0 Å². The highest BCUT2D eigenvalue weighted by molar-refractivity contribution is 7.90. The maximum atomic E-state index is 11.8. The molecule has 0 saturated heterocycles. The number of ether oxygens (including phenoxy) is 2. The molecule has 0 amide bonds. The molecule has 3 N–H and O–H groups in total. The lowest BCUT2D eigenvalue weighted by atomic mass is 9.99. The number of hydrogen-bond donors (Lipinski definition) is 2. The van der Waals surface area contributed by atoms with E-state index in [-0.39, 0.29) is 10.6 Å². The molecule has 0 unspecified atom stereocenters. The predicted octanol–water partition coefficient (Wildman–Crippen LogP) is 4.75. The minimum absolute atomic E-state index is 0.162. The van der Waals surface area contributed by atoms with E-state index in [1.165, 1.54) is 6.26 Å². The first-order valence-corrected chi connectivity index (χ1v) is 11.9. The van der Waals surface area contributed by atoms with Gasteiger partial charge in [-0.2, -0.15) is 0 Å². The molecular formula is C25H23NO5S. The number of rotatable bonds is 7. The Morgan fingerprint density at radius 2 is 1.56 bits per heavy atom. The molecule has 0 atom stereocenters. The van der Waals surface area contributed by atoms with Gasteiger partial charge in [0, 0.05) is 23.8 Å². The van der Waals surface area contributed by atoms with Crippen molar-refractivity contribution in [2.75, 3.05) is 19.4 Å². The molecule has 0 aliphatic heterocycles. The van der Waals surface area contributed by atoms with Crippen LogP contribution in [-0.2, 0) is 9.84 Å². The minimum Gasteiger partial charge on any atom is -0.508 e. The fourth-order valence-electron chi connectivity index (χ4n) is 3.41. The average molecular weight is 450 g/mol. The highest BCUT2D eigenvalue weighted by Crippen LogP contribution is 2.41. The van der Waals surface area contributed by atoms with Gasteiger partial charge in [0.05, 0.1) is 4.90 Å². The smallest absolute Gasteiger partial charge is 0.175 e. The highest BCUT2D eigenvalue weighted by atomic mass is 32.2. The zero-order valence-electron chi connectivity index (χ0n) is 17.5. The predicted molar refractivity (Wildman–Crippen MR) is 125 cm³/mol. The molecule has 0 saturated carbocycles. The van der Waals surface area contributed by atoms with Crippen molar-refractivity contribution >= 4 is 20.6 Å². The van der Waals surface area contributed by atoms with Crippen LogP contribution in [0.2, 0.25) is 0 Å². The van der Waals surface area contributed by atoms with Gasteiger partial charge in [-0.15, -0.1) is 0 Å². The molecule has 0 aliphatic rings. The number of sulfone groups is 1. The van der Waals surface area contributed by atoms with Crippen molar-refractivity contribution in [3.8, 4) is 34.1 Å². The summed E-state index contributed by atoms with van der Waals surface area (Å²) in [4.78, 5) is 0.252. The molecule has 32 heavy (non-hydrogen) atoms. The monoisotopic (exact) mass is 449 g/mol. The van der Waals surface area contributed by atoms with E-state index in [1.807, 2.05) is 36.4 Å². The molecule has 4 rings (SSSR count). The summed E-state index contributed by atoms with van der Waals surface area (Å²) in [5.41, 5.74) is 7.08. The Kier molecular flexibility index (Phi) is 6.03. The number of hydrogen-bond acceptors (Lipinski definition) is 6. The van der Waals surface area contributed by atoms with E-state index in [0.29, 0.717) is 30.4 Å². The SMILES string of the molecule is CS(=O)(=O)c1ccc(-c2ccc3cc(O)ccc3c2Oc2ccc(OCCN)cc2)cc1. The van der Waals surface area contributed by atoms with Gasteiger partial charge in [0.15, 0.2) is 9.84 Å². The standard InChI is InChI=1S/C25H23NO5S/c1-32(28,29)22-10-2-17(3-11-22)23-12-4-18-16-19(27)5-13-24(18)25(23)31-21-8-6-20(7-9-21)30-15-14-26/h2-13,16,27H,14-15,26H2,1H3. The first-order valence-electron chi connectivity index (χ1n) is 10.0. The van der Waals surface area contributed by atoms with Crippen LogP contribution in [0.5, 0.6) is 23.0 Å². The Morgan fingerprint density at radius 1 is 0.875 bits per heavy atom. The minimum atomic E-state index is -3.29. The van der Waals surface area contributed by atoms with Crippen LogP contribution in [0.4, 0.5) is 0 Å². The van der Waals surface area contributed by atoms with Crippen LogP contribution in [0, 0.1) is 0 Å². The first kappa shape index (κ1) is 21.7. The molecular weight excluding hydrogens is 426 g/mol. The van der Waals surface area contributed by atoms with E-state index in [9.17, 15) is 13.5 Å². The average Bonchev–Trinajstić information content (AvgIpc) is 2.78. The molecule has 0 spiro atoms. The number of nitrogens with two attached hydrogens (primary N) is 1. The van der Waals surface area contributed by atoms with E-state index in [4.69, 9.17) is 15.2 Å². The van der Waals surface area contributed by atoms with Crippen molar-refractivity contribution in [2.45, 2.75) is 4.90 Å². The topological polar surface area (TPSA) is 98.9 Å². The third-order valence-electron chi connectivity index (χ3n) is 4.98. The van der Waals surface area contributed by atoms with Gasteiger partial charge in [-0.05, 0) is 71.6 Å². The van der Waals surface area contributed by atoms with Gasteiger partial charge in [0.25, 0.3) is 0 Å². The molecule has 164 valence electrons. The molecule has 0 aliphatic carbocycles. The van der Waals surface area contributed by atoms with Crippen LogP contribution in [-0.4, -0.2) is 32.9 Å². The summed E-state index contributed by atoms with van der Waals surface area (Å²) in [6, 6.07) is 22.8. The normalized spacial score (nSPS) is 11.4. The second kappa shape index (κ2) is 8.90. The summed E-state index contributed by atoms with van der Waals surface area (Å²) in [6.45, 7) is 0.864. The molecule has 0 bridgehead atoms. The highest BCUT2D eigenvalue weighted by Gasteiger charge is 2.14. The summed E-state index contributed by atoms with van der Waals surface area (Å²) in [5.74, 6) is 2.07. The van der Waals surface area contributed by atoms with E-state index >= 15 is 0 Å². The van der Waals surface area contributed by atoms with Crippen molar-refractivity contribution in [3.63, 3.8) is 0 Å². The number of phenolic OH excluding ortho intramolecular Hbond substituents is 1. The number of fused-ring (bicyclic) bond motifs is 1. The number of aromatic hydroxyl groups is 1. The lowest BCUT2D eigenvalue weighted by molar-refractivity contribution is 0.328. The quantitative estimate of drug-likeness (QED) is 0.423.